The number of halogens is 3. The summed E-state index contributed by atoms with van der Waals surface area (Å²) in [5, 5.41) is 13.5. The summed E-state index contributed by atoms with van der Waals surface area (Å²) in [5.74, 6) is -1.23. The molecule has 4 fully saturated rings. The van der Waals surface area contributed by atoms with Gasteiger partial charge in [-0.05, 0) is 105 Å². The highest BCUT2D eigenvalue weighted by Crippen LogP contribution is 2.71. The normalized spacial score (nSPS) is 45.7. The van der Waals surface area contributed by atoms with E-state index in [9.17, 15) is 18.7 Å². The Bertz CT molecular complexity index is 982. The van der Waals surface area contributed by atoms with E-state index in [2.05, 4.69) is 19.2 Å². The molecule has 0 amide bonds. The van der Waals surface area contributed by atoms with Gasteiger partial charge < -0.3 is 10.4 Å². The molecule has 0 spiro atoms. The Morgan fingerprint density at radius 1 is 1.00 bits per heavy atom. The van der Waals surface area contributed by atoms with E-state index in [0.717, 1.165) is 44.6 Å². The Kier molecular flexibility index (Phi) is 5.66. The van der Waals surface area contributed by atoms with Gasteiger partial charge in [0.05, 0.1) is 17.8 Å². The number of hydrogen-bond acceptors (Lipinski definition) is 3. The quantitative estimate of drug-likeness (QED) is 0.524. The van der Waals surface area contributed by atoms with Gasteiger partial charge in [0, 0.05) is 12.0 Å². The SMILES string of the molecule is CC12CC[C@@H]3C[C@](C)(O)CCC3(F)C1CC[C@@]1(C)C2CC[C@@H]1C(=O)CNc1ccc(F)cc1F. The Morgan fingerprint density at radius 2 is 1.74 bits per heavy atom. The van der Waals surface area contributed by atoms with E-state index in [1.54, 1.807) is 0 Å². The standard InChI is InChI=1S/C28H38F3NO2/c1-25(34)12-13-28(31)17(15-25)8-10-27(3)23-7-5-19(26(23,2)11-9-24(27)28)22(33)16-32-21-6-4-18(29)14-20(21)30/h4,6,14,17,19,23-24,32,34H,5,7-13,15-16H2,1-3H3/t17-,19-,23?,24?,25-,26-,27?,28?/m1/s1. The number of nitrogens with one attached hydrogen (secondary N) is 1. The van der Waals surface area contributed by atoms with Crippen LogP contribution in [0.3, 0.4) is 0 Å². The van der Waals surface area contributed by atoms with Crippen LogP contribution in [0.1, 0.15) is 78.6 Å². The summed E-state index contributed by atoms with van der Waals surface area (Å²) in [4.78, 5) is 13.3. The molecule has 6 heteroatoms. The van der Waals surface area contributed by atoms with Crippen molar-refractivity contribution < 1.29 is 23.1 Å². The van der Waals surface area contributed by atoms with Crippen molar-refractivity contribution in [1.82, 2.24) is 0 Å². The molecular formula is C28H38F3NO2. The summed E-state index contributed by atoms with van der Waals surface area (Å²) in [5.41, 5.74) is -2.18. The molecule has 34 heavy (non-hydrogen) atoms. The predicted molar refractivity (Wildman–Crippen MR) is 126 cm³/mol. The molecule has 0 radical (unpaired) electrons. The monoisotopic (exact) mass is 477 g/mol. The predicted octanol–water partition coefficient (Wildman–Crippen LogP) is 6.45. The van der Waals surface area contributed by atoms with Crippen molar-refractivity contribution in [1.29, 1.82) is 0 Å². The fourth-order valence-corrected chi connectivity index (χ4v) is 9.05. The molecule has 188 valence electrons. The maximum atomic E-state index is 16.7. The fraction of sp³-hybridized carbons (Fsp3) is 0.750. The summed E-state index contributed by atoms with van der Waals surface area (Å²) in [6.07, 6.45) is 6.56. The highest BCUT2D eigenvalue weighted by atomic mass is 19.1. The lowest BCUT2D eigenvalue weighted by Crippen LogP contribution is -2.62. The van der Waals surface area contributed by atoms with Crippen molar-refractivity contribution in [3.05, 3.63) is 29.8 Å². The van der Waals surface area contributed by atoms with E-state index in [1.165, 1.54) is 12.1 Å². The molecule has 8 atom stereocenters. The molecule has 4 aliphatic rings. The van der Waals surface area contributed by atoms with Crippen LogP contribution in [0.4, 0.5) is 18.9 Å². The van der Waals surface area contributed by atoms with Gasteiger partial charge in [-0.25, -0.2) is 13.2 Å². The molecule has 4 saturated carbocycles. The number of alkyl halides is 1. The Labute approximate surface area is 200 Å². The van der Waals surface area contributed by atoms with Crippen molar-refractivity contribution in [3.63, 3.8) is 0 Å². The van der Waals surface area contributed by atoms with Gasteiger partial charge in [-0.15, -0.1) is 0 Å². The maximum absolute atomic E-state index is 16.7. The second-order valence-corrected chi connectivity index (χ2v) is 12.6. The zero-order chi connectivity index (χ0) is 24.5. The van der Waals surface area contributed by atoms with Gasteiger partial charge in [-0.2, -0.15) is 0 Å². The largest absolute Gasteiger partial charge is 0.390 e. The number of anilines is 1. The lowest BCUT2D eigenvalue weighted by molar-refractivity contribution is -0.199. The molecule has 0 aliphatic heterocycles. The van der Waals surface area contributed by atoms with Gasteiger partial charge >= 0.3 is 0 Å². The Balaban J connectivity index is 1.33. The van der Waals surface area contributed by atoms with Gasteiger partial charge in [0.2, 0.25) is 0 Å². The number of rotatable bonds is 4. The van der Waals surface area contributed by atoms with Gasteiger partial charge in [-0.1, -0.05) is 13.8 Å². The second-order valence-electron chi connectivity index (χ2n) is 12.6. The number of fused-ring (bicyclic) bond motifs is 5. The summed E-state index contributed by atoms with van der Waals surface area (Å²) in [6.45, 7) is 6.34. The lowest BCUT2D eigenvalue weighted by atomic mass is 9.42. The summed E-state index contributed by atoms with van der Waals surface area (Å²) in [6, 6.07) is 3.32. The minimum Gasteiger partial charge on any atom is -0.390 e. The highest BCUT2D eigenvalue weighted by molar-refractivity contribution is 5.86. The fourth-order valence-electron chi connectivity index (χ4n) is 9.05. The topological polar surface area (TPSA) is 49.3 Å². The molecule has 3 nitrogen and oxygen atoms in total. The van der Waals surface area contributed by atoms with Crippen LogP contribution < -0.4 is 5.32 Å². The van der Waals surface area contributed by atoms with Crippen LogP contribution in [0.15, 0.2) is 18.2 Å². The third-order valence-electron chi connectivity index (χ3n) is 10.7. The van der Waals surface area contributed by atoms with Crippen LogP contribution in [-0.2, 0) is 4.79 Å². The maximum Gasteiger partial charge on any atom is 0.155 e. The third kappa shape index (κ3) is 3.61. The van der Waals surface area contributed by atoms with Crippen LogP contribution in [0.2, 0.25) is 0 Å². The van der Waals surface area contributed by atoms with E-state index in [1.807, 2.05) is 6.92 Å². The van der Waals surface area contributed by atoms with Crippen molar-refractivity contribution in [2.24, 2.45) is 34.5 Å². The molecule has 1 aromatic carbocycles. The number of benzene rings is 1. The van der Waals surface area contributed by atoms with Gasteiger partial charge in [-0.3, -0.25) is 4.79 Å². The smallest absolute Gasteiger partial charge is 0.155 e. The lowest BCUT2D eigenvalue weighted by Gasteiger charge is -2.64. The first kappa shape index (κ1) is 24.1. The minimum atomic E-state index is -1.22. The average Bonchev–Trinajstić information content (AvgIpc) is 3.12. The van der Waals surface area contributed by atoms with E-state index in [-0.39, 0.29) is 52.5 Å². The third-order valence-corrected chi connectivity index (χ3v) is 10.7. The van der Waals surface area contributed by atoms with E-state index in [0.29, 0.717) is 19.3 Å². The van der Waals surface area contributed by atoms with Crippen molar-refractivity contribution in [3.8, 4) is 0 Å². The zero-order valence-corrected chi connectivity index (χ0v) is 20.6. The number of hydrogen-bond donors (Lipinski definition) is 2. The number of carbonyl (C=O) groups is 1. The molecular weight excluding hydrogens is 439 g/mol. The molecule has 0 aromatic heterocycles. The Hall–Kier alpha value is -1.56. The van der Waals surface area contributed by atoms with E-state index < -0.39 is 22.9 Å². The molecule has 4 aliphatic carbocycles. The molecule has 5 rings (SSSR count). The van der Waals surface area contributed by atoms with Crippen LogP contribution in [-0.4, -0.2) is 28.7 Å². The summed E-state index contributed by atoms with van der Waals surface area (Å²) in [7, 11) is 0. The summed E-state index contributed by atoms with van der Waals surface area (Å²) >= 11 is 0. The molecule has 0 bridgehead atoms. The molecule has 0 saturated heterocycles. The van der Waals surface area contributed by atoms with Gasteiger partial charge in [0.25, 0.3) is 0 Å². The van der Waals surface area contributed by atoms with Crippen LogP contribution in [0.25, 0.3) is 0 Å². The number of Topliss-reactive ketones (excluding diaryl/α,β-unsaturated/α-hetero) is 1. The zero-order valence-electron chi connectivity index (χ0n) is 20.6. The van der Waals surface area contributed by atoms with Gasteiger partial charge in [0.15, 0.2) is 5.78 Å². The molecule has 1 aromatic rings. The highest BCUT2D eigenvalue weighted by Gasteiger charge is 2.68. The first-order chi connectivity index (χ1) is 15.9. The first-order valence-electron chi connectivity index (χ1n) is 13.0. The van der Waals surface area contributed by atoms with Crippen molar-refractivity contribution >= 4 is 11.5 Å². The number of ketones is 1. The Morgan fingerprint density at radius 3 is 2.47 bits per heavy atom. The van der Waals surface area contributed by atoms with Crippen LogP contribution >= 0.6 is 0 Å². The van der Waals surface area contributed by atoms with Crippen LogP contribution in [0, 0.1) is 46.1 Å². The molecule has 4 unspecified atom stereocenters. The average molecular weight is 478 g/mol. The second kappa shape index (κ2) is 7.97. The summed E-state index contributed by atoms with van der Waals surface area (Å²) < 4.78 is 43.9. The van der Waals surface area contributed by atoms with E-state index in [4.69, 9.17) is 0 Å². The molecule has 0 heterocycles. The molecule has 2 N–H and O–H groups in total. The number of carbonyl (C=O) groups excluding carboxylic acids is 1. The van der Waals surface area contributed by atoms with E-state index >= 15 is 4.39 Å². The van der Waals surface area contributed by atoms with Gasteiger partial charge in [0.1, 0.15) is 17.3 Å². The van der Waals surface area contributed by atoms with Crippen molar-refractivity contribution in [2.45, 2.75) is 89.8 Å². The minimum absolute atomic E-state index is 0.0138. The van der Waals surface area contributed by atoms with Crippen LogP contribution in [0.5, 0.6) is 0 Å². The number of aliphatic hydroxyl groups is 1. The first-order valence-corrected chi connectivity index (χ1v) is 13.0. The van der Waals surface area contributed by atoms with Crippen molar-refractivity contribution in [2.75, 3.05) is 11.9 Å².